The lowest BCUT2D eigenvalue weighted by Crippen LogP contribution is -2.54. The van der Waals surface area contributed by atoms with Gasteiger partial charge in [-0.25, -0.2) is 9.97 Å². The topological polar surface area (TPSA) is 89.3 Å². The number of hydrogen-bond acceptors (Lipinski definition) is 8. The van der Waals surface area contributed by atoms with Gasteiger partial charge in [0, 0.05) is 37.0 Å². The van der Waals surface area contributed by atoms with Gasteiger partial charge in [0.15, 0.2) is 0 Å². The van der Waals surface area contributed by atoms with E-state index < -0.39 is 0 Å². The maximum atomic E-state index is 12.8. The van der Waals surface area contributed by atoms with Crippen molar-refractivity contribution >= 4 is 44.3 Å². The van der Waals surface area contributed by atoms with Crippen LogP contribution in [0.4, 0.5) is 5.82 Å². The number of thiophene rings is 1. The molecule has 5 rings (SSSR count). The minimum Gasteiger partial charge on any atom is -0.395 e. The van der Waals surface area contributed by atoms with Crippen LogP contribution in [0, 0.1) is 0 Å². The molecule has 1 amide bonds. The molecule has 0 unspecified atom stereocenters. The molecule has 4 heterocycles. The minimum absolute atomic E-state index is 0.158. The molecule has 1 saturated heterocycles. The van der Waals surface area contributed by atoms with Crippen molar-refractivity contribution in [1.29, 1.82) is 0 Å². The summed E-state index contributed by atoms with van der Waals surface area (Å²) in [4.78, 5) is 35.6. The van der Waals surface area contributed by atoms with E-state index in [1.165, 1.54) is 9.72 Å². The number of fused-ring (bicyclic) bond motifs is 2. The summed E-state index contributed by atoms with van der Waals surface area (Å²) in [5.41, 5.74) is 1.61. The molecular formula is C23H27N7O2S. The van der Waals surface area contributed by atoms with Crippen LogP contribution < -0.4 is 9.74 Å². The van der Waals surface area contributed by atoms with Gasteiger partial charge in [-0.2, -0.15) is 0 Å². The number of aryl methyl sites for hydroxylation is 1. The predicted molar refractivity (Wildman–Crippen MR) is 128 cm³/mol. The number of hydrogen-bond donors (Lipinski definition) is 0. The Hall–Kier alpha value is -3.27. The molecule has 0 spiro atoms. The van der Waals surface area contributed by atoms with Crippen molar-refractivity contribution in [3.63, 3.8) is 0 Å². The van der Waals surface area contributed by atoms with Gasteiger partial charge >= 0.3 is 0 Å². The van der Waals surface area contributed by atoms with E-state index >= 15 is 0 Å². The van der Waals surface area contributed by atoms with Crippen LogP contribution in [0.2, 0.25) is 0 Å². The molecule has 0 N–H and O–H groups in total. The van der Waals surface area contributed by atoms with Crippen LogP contribution in [0.25, 0.3) is 21.3 Å². The number of aromatic nitrogens is 5. The average molecular weight is 466 g/mol. The van der Waals surface area contributed by atoms with E-state index in [0.717, 1.165) is 40.0 Å². The zero-order chi connectivity index (χ0) is 22.8. The van der Waals surface area contributed by atoms with Crippen LogP contribution in [-0.4, -0.2) is 68.2 Å². The summed E-state index contributed by atoms with van der Waals surface area (Å²) >= 11 is 1.73. The van der Waals surface area contributed by atoms with Crippen molar-refractivity contribution in [2.45, 2.75) is 39.2 Å². The molecular weight excluding hydrogens is 438 g/mol. The van der Waals surface area contributed by atoms with Gasteiger partial charge in [0.05, 0.1) is 5.39 Å². The summed E-state index contributed by atoms with van der Waals surface area (Å²) < 4.78 is 0. The minimum atomic E-state index is 0.158. The fraction of sp³-hybridized carbons (Fsp3) is 0.435. The van der Waals surface area contributed by atoms with Crippen molar-refractivity contribution in [3.05, 3.63) is 41.5 Å². The van der Waals surface area contributed by atoms with Gasteiger partial charge in [0.1, 0.15) is 34.6 Å². The highest BCUT2D eigenvalue weighted by Crippen LogP contribution is 2.32. The summed E-state index contributed by atoms with van der Waals surface area (Å²) in [6.45, 7) is 6.85. The standard InChI is InChI=1S/C23H27N7O2S/c1-3-17-13-18-22(24-15-25-23(18)33-17)29-11-10-28(14-16(29)2)21(31)9-6-12-32-30-20-8-5-4-7-19(20)26-27-30/h4-5,7-8,13,15-16H,3,6,9-12,14H2,1-2H3/t16-/m0/s1. The molecule has 1 aromatic carbocycles. The lowest BCUT2D eigenvalue weighted by atomic mass is 10.1. The zero-order valence-electron chi connectivity index (χ0n) is 18.8. The molecule has 33 heavy (non-hydrogen) atoms. The fourth-order valence-electron chi connectivity index (χ4n) is 4.27. The number of amides is 1. The van der Waals surface area contributed by atoms with E-state index in [2.05, 4.69) is 45.1 Å². The second kappa shape index (κ2) is 9.30. The van der Waals surface area contributed by atoms with Crippen molar-refractivity contribution in [1.82, 2.24) is 30.0 Å². The molecule has 9 nitrogen and oxygen atoms in total. The Bertz CT molecular complexity index is 1270. The number of nitrogens with zero attached hydrogens (tertiary/aromatic N) is 7. The van der Waals surface area contributed by atoms with Crippen molar-refractivity contribution < 1.29 is 9.63 Å². The number of para-hydroxylation sites is 1. The van der Waals surface area contributed by atoms with E-state index in [4.69, 9.17) is 4.84 Å². The SMILES string of the molecule is CCc1cc2c(N3CCN(C(=O)CCCOn4nnc5ccccc54)C[C@@H]3C)ncnc2s1. The number of carbonyl (C=O) groups is 1. The molecule has 4 aromatic rings. The highest BCUT2D eigenvalue weighted by Gasteiger charge is 2.28. The molecule has 1 aliphatic heterocycles. The van der Waals surface area contributed by atoms with Crippen molar-refractivity contribution in [2.75, 3.05) is 31.1 Å². The van der Waals surface area contributed by atoms with Gasteiger partial charge in [-0.1, -0.05) is 23.9 Å². The Morgan fingerprint density at radius 3 is 2.97 bits per heavy atom. The maximum Gasteiger partial charge on any atom is 0.222 e. The molecule has 3 aromatic heterocycles. The third-order valence-corrected chi connectivity index (χ3v) is 7.22. The Morgan fingerprint density at radius 2 is 2.12 bits per heavy atom. The van der Waals surface area contributed by atoms with Crippen LogP contribution in [0.1, 0.15) is 31.6 Å². The largest absolute Gasteiger partial charge is 0.395 e. The van der Waals surface area contributed by atoms with E-state index in [1.807, 2.05) is 29.2 Å². The monoisotopic (exact) mass is 465 g/mol. The van der Waals surface area contributed by atoms with Gasteiger partial charge in [-0.3, -0.25) is 4.79 Å². The molecule has 0 bridgehead atoms. The first-order valence-electron chi connectivity index (χ1n) is 11.4. The predicted octanol–water partition coefficient (Wildman–Crippen LogP) is 2.94. The van der Waals surface area contributed by atoms with Crippen LogP contribution in [0.3, 0.4) is 0 Å². The molecule has 1 atom stereocenters. The van der Waals surface area contributed by atoms with Gasteiger partial charge in [-0.05, 0) is 43.2 Å². The van der Waals surface area contributed by atoms with E-state index in [1.54, 1.807) is 17.7 Å². The first kappa shape index (κ1) is 21.6. The Balaban J connectivity index is 1.15. The number of anilines is 1. The van der Waals surface area contributed by atoms with E-state index in [-0.39, 0.29) is 11.9 Å². The molecule has 1 aliphatic rings. The van der Waals surface area contributed by atoms with Gasteiger partial charge in [-0.15, -0.1) is 16.4 Å². The number of carbonyl (C=O) groups excluding carboxylic acids is 1. The highest BCUT2D eigenvalue weighted by molar-refractivity contribution is 7.18. The Kier molecular flexibility index (Phi) is 6.08. The molecule has 1 fully saturated rings. The number of benzene rings is 1. The average Bonchev–Trinajstić information content (AvgIpc) is 3.45. The van der Waals surface area contributed by atoms with Crippen LogP contribution >= 0.6 is 11.3 Å². The van der Waals surface area contributed by atoms with Gasteiger partial charge in [0.2, 0.25) is 5.91 Å². The van der Waals surface area contributed by atoms with E-state index in [9.17, 15) is 4.79 Å². The third kappa shape index (κ3) is 4.35. The normalized spacial score (nSPS) is 16.6. The zero-order valence-corrected chi connectivity index (χ0v) is 19.7. The smallest absolute Gasteiger partial charge is 0.222 e. The molecule has 10 heteroatoms. The summed E-state index contributed by atoms with van der Waals surface area (Å²) in [5.74, 6) is 1.13. The molecule has 172 valence electrons. The van der Waals surface area contributed by atoms with Gasteiger partial charge < -0.3 is 14.6 Å². The second-order valence-corrected chi connectivity index (χ2v) is 9.37. The van der Waals surface area contributed by atoms with Crippen molar-refractivity contribution in [3.8, 4) is 0 Å². The third-order valence-electron chi connectivity index (χ3n) is 6.03. The fourth-order valence-corrected chi connectivity index (χ4v) is 5.20. The molecule has 0 radical (unpaired) electrons. The summed E-state index contributed by atoms with van der Waals surface area (Å²) in [5, 5.41) is 9.20. The van der Waals surface area contributed by atoms with Crippen molar-refractivity contribution in [2.24, 2.45) is 0 Å². The quantitative estimate of drug-likeness (QED) is 0.388. The summed E-state index contributed by atoms with van der Waals surface area (Å²) in [6, 6.07) is 10.0. The molecule has 0 aliphatic carbocycles. The van der Waals surface area contributed by atoms with E-state index in [0.29, 0.717) is 32.5 Å². The second-order valence-electron chi connectivity index (χ2n) is 8.25. The summed E-state index contributed by atoms with van der Waals surface area (Å²) in [6.07, 6.45) is 3.72. The highest BCUT2D eigenvalue weighted by atomic mass is 32.1. The van der Waals surface area contributed by atoms with Crippen LogP contribution in [0.5, 0.6) is 0 Å². The number of rotatable bonds is 7. The lowest BCUT2D eigenvalue weighted by molar-refractivity contribution is -0.132. The number of piperazine rings is 1. The van der Waals surface area contributed by atoms with Gasteiger partial charge in [0.25, 0.3) is 0 Å². The molecule has 0 saturated carbocycles. The Morgan fingerprint density at radius 1 is 1.24 bits per heavy atom. The van der Waals surface area contributed by atoms with Crippen LogP contribution in [0.15, 0.2) is 36.7 Å². The Labute approximate surface area is 195 Å². The first-order valence-corrected chi connectivity index (χ1v) is 12.2. The first-order chi connectivity index (χ1) is 16.1. The lowest BCUT2D eigenvalue weighted by Gasteiger charge is -2.40. The van der Waals surface area contributed by atoms with Crippen LogP contribution in [-0.2, 0) is 11.2 Å². The summed E-state index contributed by atoms with van der Waals surface area (Å²) in [7, 11) is 0. The maximum absolute atomic E-state index is 12.8.